The number of anilines is 1. The Bertz CT molecular complexity index is 1790. The Balaban J connectivity index is 1.92. The molecule has 5 N–H and O–H groups in total. The SMILES string of the molecule is CN=C(N)Nc1ccc(-c2cc(C3=NC(c4ccc(S(=O)(=O)C(C)C)cc4)=C(C(C)(C)C)N(C(C)(C)C)C3OC(N)=O)on2)nc1. The molecule has 0 spiro atoms. The van der Waals surface area contributed by atoms with Gasteiger partial charge in [-0.2, -0.15) is 0 Å². The van der Waals surface area contributed by atoms with Crippen LogP contribution in [0, 0.1) is 5.41 Å². The molecule has 46 heavy (non-hydrogen) atoms. The van der Waals surface area contributed by atoms with E-state index in [9.17, 15) is 13.2 Å². The quantitative estimate of drug-likeness (QED) is 0.231. The zero-order valence-electron chi connectivity index (χ0n) is 27.6. The molecule has 3 aromatic rings. The van der Waals surface area contributed by atoms with E-state index in [0.29, 0.717) is 28.3 Å². The molecule has 14 heteroatoms. The van der Waals surface area contributed by atoms with Crippen molar-refractivity contribution in [2.45, 2.75) is 77.3 Å². The minimum absolute atomic E-state index is 0.213. The highest BCUT2D eigenvalue weighted by Gasteiger charge is 2.46. The second-order valence-electron chi connectivity index (χ2n) is 13.1. The summed E-state index contributed by atoms with van der Waals surface area (Å²) in [6.07, 6.45) is -0.487. The van der Waals surface area contributed by atoms with Gasteiger partial charge in [0.1, 0.15) is 11.4 Å². The van der Waals surface area contributed by atoms with E-state index in [1.165, 1.54) is 0 Å². The number of hydrogen-bond donors (Lipinski definition) is 3. The standard InChI is InChI=1S/C32H42N8O5S/c1-18(2)46(42,43)21-13-10-19(11-14-21)25-27(31(3,4)5)40(32(6,7)8)28(44-30(34)41)26(38-25)24-16-23(39-45-24)22-15-12-20(17-36-22)37-29(33)35-9/h10-18,28H,1-9H3,(H2,34,41)(H3,33,35,37). The number of nitrogens with zero attached hydrogens (tertiary/aromatic N) is 5. The van der Waals surface area contributed by atoms with Crippen LogP contribution in [0.4, 0.5) is 10.5 Å². The number of rotatable bonds is 7. The first kappa shape index (κ1) is 34.2. The van der Waals surface area contributed by atoms with Crippen molar-refractivity contribution in [1.82, 2.24) is 15.0 Å². The number of nitrogens with one attached hydrogen (secondary N) is 1. The molecular weight excluding hydrogens is 608 g/mol. The molecule has 0 aliphatic carbocycles. The number of hydrogen-bond acceptors (Lipinski definition) is 10. The number of guanidine groups is 1. The van der Waals surface area contributed by atoms with Crippen LogP contribution in [0.25, 0.3) is 17.1 Å². The van der Waals surface area contributed by atoms with Gasteiger partial charge in [0, 0.05) is 35.3 Å². The molecule has 1 aromatic carbocycles. The molecule has 1 aliphatic heterocycles. The van der Waals surface area contributed by atoms with Crippen molar-refractivity contribution in [2.75, 3.05) is 12.4 Å². The lowest BCUT2D eigenvalue weighted by atomic mass is 9.83. The maximum Gasteiger partial charge on any atom is 0.406 e. The van der Waals surface area contributed by atoms with Crippen molar-refractivity contribution >= 4 is 39.0 Å². The predicted octanol–water partition coefficient (Wildman–Crippen LogP) is 5.01. The van der Waals surface area contributed by atoms with Crippen molar-refractivity contribution in [3.05, 3.63) is 65.7 Å². The first-order valence-corrected chi connectivity index (χ1v) is 16.2. The monoisotopic (exact) mass is 650 g/mol. The van der Waals surface area contributed by atoms with Crippen molar-refractivity contribution in [1.29, 1.82) is 0 Å². The van der Waals surface area contributed by atoms with Crippen LogP contribution in [0.2, 0.25) is 0 Å². The minimum Gasteiger partial charge on any atom is -0.419 e. The highest BCUT2D eigenvalue weighted by Crippen LogP contribution is 2.44. The van der Waals surface area contributed by atoms with E-state index in [1.807, 2.05) is 46.4 Å². The van der Waals surface area contributed by atoms with Crippen LogP contribution >= 0.6 is 0 Å². The van der Waals surface area contributed by atoms with Gasteiger partial charge in [-0.05, 0) is 58.9 Å². The minimum atomic E-state index is -3.49. The van der Waals surface area contributed by atoms with Gasteiger partial charge in [-0.3, -0.25) is 9.98 Å². The molecule has 3 heterocycles. The zero-order chi connectivity index (χ0) is 34.2. The second kappa shape index (κ2) is 12.6. The van der Waals surface area contributed by atoms with Crippen molar-refractivity contribution in [3.63, 3.8) is 0 Å². The molecule has 13 nitrogen and oxygen atoms in total. The van der Waals surface area contributed by atoms with Crippen molar-refractivity contribution in [2.24, 2.45) is 26.9 Å². The molecule has 0 saturated carbocycles. The number of carbonyl (C=O) groups excluding carboxylic acids is 1. The average molecular weight is 651 g/mol. The van der Waals surface area contributed by atoms with E-state index < -0.39 is 38.4 Å². The van der Waals surface area contributed by atoms with E-state index in [0.717, 1.165) is 5.70 Å². The Labute approximate surface area is 269 Å². The van der Waals surface area contributed by atoms with Crippen LogP contribution in [-0.4, -0.2) is 65.3 Å². The highest BCUT2D eigenvalue weighted by atomic mass is 32.2. The fourth-order valence-corrected chi connectivity index (χ4v) is 6.06. The smallest absolute Gasteiger partial charge is 0.406 e. The van der Waals surface area contributed by atoms with Crippen LogP contribution in [-0.2, 0) is 14.6 Å². The number of sulfone groups is 1. The van der Waals surface area contributed by atoms with Crippen molar-refractivity contribution < 1.29 is 22.5 Å². The summed E-state index contributed by atoms with van der Waals surface area (Å²) in [6.45, 7) is 15.3. The molecule has 0 radical (unpaired) electrons. The molecule has 246 valence electrons. The molecule has 0 bridgehead atoms. The molecule has 0 saturated heterocycles. The van der Waals surface area contributed by atoms with Gasteiger partial charge in [0.15, 0.2) is 21.6 Å². The number of nitrogens with two attached hydrogens (primary N) is 2. The summed E-state index contributed by atoms with van der Waals surface area (Å²) < 4.78 is 37.3. The van der Waals surface area contributed by atoms with Crippen LogP contribution in [0.5, 0.6) is 0 Å². The Morgan fingerprint density at radius 3 is 2.20 bits per heavy atom. The summed E-state index contributed by atoms with van der Waals surface area (Å²) in [5.74, 6) is 0.471. The average Bonchev–Trinajstić information content (AvgIpc) is 3.46. The van der Waals surface area contributed by atoms with Gasteiger partial charge in [-0.15, -0.1) is 0 Å². The Hall–Kier alpha value is -4.72. The number of pyridine rings is 1. The van der Waals surface area contributed by atoms with Crippen LogP contribution in [0.3, 0.4) is 0 Å². The zero-order valence-corrected chi connectivity index (χ0v) is 28.4. The summed E-state index contributed by atoms with van der Waals surface area (Å²) in [5.41, 5.74) is 14.0. The van der Waals surface area contributed by atoms with Crippen LogP contribution < -0.4 is 16.8 Å². The number of aromatic nitrogens is 2. The summed E-state index contributed by atoms with van der Waals surface area (Å²) in [7, 11) is -1.92. The predicted molar refractivity (Wildman–Crippen MR) is 179 cm³/mol. The first-order chi connectivity index (χ1) is 21.3. The highest BCUT2D eigenvalue weighted by molar-refractivity contribution is 7.92. The lowest BCUT2D eigenvalue weighted by Crippen LogP contribution is -2.57. The van der Waals surface area contributed by atoms with Gasteiger partial charge >= 0.3 is 6.09 Å². The number of primary amides is 1. The molecule has 1 unspecified atom stereocenters. The maximum atomic E-state index is 12.9. The Morgan fingerprint density at radius 1 is 1.04 bits per heavy atom. The fraction of sp³-hybridized carbons (Fsp3) is 0.406. The number of carbonyl (C=O) groups is 1. The molecule has 0 fully saturated rings. The molecule has 1 aliphatic rings. The topological polar surface area (TPSA) is 191 Å². The summed E-state index contributed by atoms with van der Waals surface area (Å²) in [6, 6.07) is 11.8. The fourth-order valence-electron chi connectivity index (χ4n) is 5.00. The Morgan fingerprint density at radius 2 is 1.70 bits per heavy atom. The molecule has 1 amide bonds. The third-order valence-electron chi connectivity index (χ3n) is 7.21. The number of aliphatic imine (C=N–C) groups is 2. The number of benzene rings is 1. The number of ether oxygens (including phenoxy) is 1. The van der Waals surface area contributed by atoms with Gasteiger partial charge in [0.05, 0.1) is 33.4 Å². The number of amides is 1. The van der Waals surface area contributed by atoms with E-state index in [4.69, 9.17) is 25.7 Å². The van der Waals surface area contributed by atoms with Gasteiger partial charge in [-0.25, -0.2) is 18.2 Å². The van der Waals surface area contributed by atoms with Crippen molar-refractivity contribution in [3.8, 4) is 11.4 Å². The summed E-state index contributed by atoms with van der Waals surface area (Å²) >= 11 is 0. The summed E-state index contributed by atoms with van der Waals surface area (Å²) in [5, 5.41) is 6.58. The maximum absolute atomic E-state index is 12.9. The molecular formula is C32H42N8O5S. The van der Waals surface area contributed by atoms with Gasteiger partial charge in [0.25, 0.3) is 0 Å². The molecule has 2 aromatic heterocycles. The van der Waals surface area contributed by atoms with Gasteiger partial charge in [-0.1, -0.05) is 38.1 Å². The second-order valence-corrected chi connectivity index (χ2v) is 15.6. The van der Waals surface area contributed by atoms with E-state index in [2.05, 4.69) is 20.4 Å². The largest absolute Gasteiger partial charge is 0.419 e. The lowest BCUT2D eigenvalue weighted by Gasteiger charge is -2.49. The van der Waals surface area contributed by atoms with E-state index >= 15 is 0 Å². The third-order valence-corrected chi connectivity index (χ3v) is 9.38. The normalized spacial score (nSPS) is 16.5. The van der Waals surface area contributed by atoms with E-state index in [1.54, 1.807) is 69.6 Å². The number of allylic oxidation sites excluding steroid dienone is 1. The molecule has 1 atom stereocenters. The Kier molecular flexibility index (Phi) is 9.34. The molecule has 4 rings (SSSR count). The van der Waals surface area contributed by atoms with Crippen LogP contribution in [0.1, 0.15) is 66.7 Å². The first-order valence-electron chi connectivity index (χ1n) is 14.7. The third kappa shape index (κ3) is 7.06. The van der Waals surface area contributed by atoms with E-state index in [-0.39, 0.29) is 22.3 Å². The van der Waals surface area contributed by atoms with Gasteiger partial charge in [0.2, 0.25) is 6.23 Å². The van der Waals surface area contributed by atoms with Gasteiger partial charge < -0.3 is 30.9 Å². The van der Waals surface area contributed by atoms with Crippen LogP contribution in [0.15, 0.2) is 73.8 Å². The summed E-state index contributed by atoms with van der Waals surface area (Å²) in [4.78, 5) is 27.9. The lowest BCUT2D eigenvalue weighted by molar-refractivity contribution is -0.00611.